The van der Waals surface area contributed by atoms with Gasteiger partial charge in [0.1, 0.15) is 13.2 Å². The smallest absolute Gasteiger partial charge is 0.306 e. The molecule has 67 heavy (non-hydrogen) atoms. The molecule has 0 amide bonds. The summed E-state index contributed by atoms with van der Waals surface area (Å²) >= 11 is 0. The molecule has 0 saturated heterocycles. The van der Waals surface area contributed by atoms with Gasteiger partial charge in [0, 0.05) is 19.3 Å². The average Bonchev–Trinajstić information content (AvgIpc) is 3.33. The normalized spacial score (nSPS) is 12.3. The molecule has 0 radical (unpaired) electrons. The van der Waals surface area contributed by atoms with Crippen LogP contribution in [0.25, 0.3) is 0 Å². The SMILES string of the molecule is CC/C=C\C/C=C\C/C=C\CCCCCCCCCCCC(=O)OCC(COC(=O)CCCCCCCCCCCCC)OC(=O)CCCCCCCCC/C=C\CCCCCCCCCC. The molecule has 1 atom stereocenters. The van der Waals surface area contributed by atoms with E-state index in [-0.39, 0.29) is 31.1 Å². The molecule has 390 valence electrons. The van der Waals surface area contributed by atoms with E-state index in [2.05, 4.69) is 69.4 Å². The number of unbranched alkanes of at least 4 members (excludes halogenated alkanes) is 34. The standard InChI is InChI=1S/C61H110O6/c1-4-7-10-13-16-19-22-24-26-28-30-32-34-36-39-42-45-48-51-54-60(63)66-57-58(56-65-59(62)53-50-47-44-41-38-21-18-15-12-9-6-3)67-61(64)55-52-49-46-43-40-37-35-33-31-29-27-25-23-20-17-14-11-8-5-2/h7,10,16,19,24,26,29,31,58H,4-6,8-9,11-15,17-18,20-23,25,27-28,30,32-57H2,1-3H3/b10-7-,19-16-,26-24-,31-29-. The molecule has 0 bridgehead atoms. The Morgan fingerprint density at radius 2 is 0.582 bits per heavy atom. The fourth-order valence-electron chi connectivity index (χ4n) is 8.45. The Kier molecular flexibility index (Phi) is 53.8. The van der Waals surface area contributed by atoms with Crippen molar-refractivity contribution in [3.05, 3.63) is 48.6 Å². The molecule has 0 aliphatic heterocycles. The predicted molar refractivity (Wildman–Crippen MR) is 289 cm³/mol. The van der Waals surface area contributed by atoms with Gasteiger partial charge >= 0.3 is 17.9 Å². The molecule has 6 nitrogen and oxygen atoms in total. The first-order chi connectivity index (χ1) is 33.0. The first-order valence-corrected chi connectivity index (χ1v) is 29.1. The molecule has 0 aromatic carbocycles. The number of ether oxygens (including phenoxy) is 3. The van der Waals surface area contributed by atoms with Crippen LogP contribution in [0.3, 0.4) is 0 Å². The summed E-state index contributed by atoms with van der Waals surface area (Å²) in [5, 5.41) is 0. The Labute approximate surface area is 416 Å². The van der Waals surface area contributed by atoms with Crippen molar-refractivity contribution in [1.82, 2.24) is 0 Å². The summed E-state index contributed by atoms with van der Waals surface area (Å²) in [4.78, 5) is 38.1. The van der Waals surface area contributed by atoms with Gasteiger partial charge in [-0.05, 0) is 77.0 Å². The summed E-state index contributed by atoms with van der Waals surface area (Å²) in [6, 6.07) is 0. The number of rotatable bonds is 53. The number of carbonyl (C=O) groups excluding carboxylic acids is 3. The molecular formula is C61H110O6. The average molecular weight is 940 g/mol. The third-order valence-electron chi connectivity index (χ3n) is 12.8. The third-order valence-corrected chi connectivity index (χ3v) is 12.8. The number of carbonyl (C=O) groups is 3. The van der Waals surface area contributed by atoms with Crippen LogP contribution < -0.4 is 0 Å². The monoisotopic (exact) mass is 939 g/mol. The third kappa shape index (κ3) is 54.2. The maximum atomic E-state index is 12.9. The molecule has 0 saturated carbocycles. The highest BCUT2D eigenvalue weighted by molar-refractivity contribution is 5.71. The van der Waals surface area contributed by atoms with Gasteiger partial charge in [-0.1, -0.05) is 256 Å². The van der Waals surface area contributed by atoms with Crippen molar-refractivity contribution >= 4 is 17.9 Å². The Bertz CT molecular complexity index is 1170. The van der Waals surface area contributed by atoms with E-state index in [1.165, 1.54) is 186 Å². The van der Waals surface area contributed by atoms with Crippen molar-refractivity contribution in [2.75, 3.05) is 13.2 Å². The topological polar surface area (TPSA) is 78.9 Å². The van der Waals surface area contributed by atoms with Crippen LogP contribution >= 0.6 is 0 Å². The van der Waals surface area contributed by atoms with Crippen LogP contribution in [0.2, 0.25) is 0 Å². The van der Waals surface area contributed by atoms with Crippen molar-refractivity contribution in [2.45, 2.75) is 309 Å². The lowest BCUT2D eigenvalue weighted by Gasteiger charge is -2.18. The van der Waals surface area contributed by atoms with E-state index >= 15 is 0 Å². The zero-order valence-electron chi connectivity index (χ0n) is 44.7. The molecule has 0 aromatic rings. The molecule has 6 heteroatoms. The summed E-state index contributed by atoms with van der Waals surface area (Å²) in [7, 11) is 0. The Balaban J connectivity index is 4.31. The van der Waals surface area contributed by atoms with Crippen LogP contribution in [0.5, 0.6) is 0 Å². The Morgan fingerprint density at radius 1 is 0.313 bits per heavy atom. The van der Waals surface area contributed by atoms with Gasteiger partial charge in [0.2, 0.25) is 0 Å². The molecular weight excluding hydrogens is 829 g/mol. The highest BCUT2D eigenvalue weighted by atomic mass is 16.6. The largest absolute Gasteiger partial charge is 0.462 e. The second kappa shape index (κ2) is 56.0. The van der Waals surface area contributed by atoms with E-state index in [0.29, 0.717) is 19.3 Å². The van der Waals surface area contributed by atoms with Gasteiger partial charge < -0.3 is 14.2 Å². The van der Waals surface area contributed by atoms with Crippen LogP contribution in [0.15, 0.2) is 48.6 Å². The second-order valence-electron chi connectivity index (χ2n) is 19.5. The van der Waals surface area contributed by atoms with E-state index in [1.807, 2.05) is 0 Å². The minimum atomic E-state index is -0.775. The first-order valence-electron chi connectivity index (χ1n) is 29.1. The van der Waals surface area contributed by atoms with Gasteiger partial charge in [0.25, 0.3) is 0 Å². The molecule has 0 spiro atoms. The lowest BCUT2D eigenvalue weighted by atomic mass is 10.1. The van der Waals surface area contributed by atoms with Crippen molar-refractivity contribution in [1.29, 1.82) is 0 Å². The number of hydrogen-bond donors (Lipinski definition) is 0. The fraction of sp³-hybridized carbons (Fsp3) is 0.820. The minimum Gasteiger partial charge on any atom is -0.462 e. The molecule has 0 rings (SSSR count). The van der Waals surface area contributed by atoms with Crippen LogP contribution in [0.4, 0.5) is 0 Å². The minimum absolute atomic E-state index is 0.0734. The first kappa shape index (κ1) is 64.4. The van der Waals surface area contributed by atoms with Crippen LogP contribution in [0.1, 0.15) is 303 Å². The predicted octanol–water partition coefficient (Wildman–Crippen LogP) is 19.4. The van der Waals surface area contributed by atoms with Crippen LogP contribution in [-0.2, 0) is 28.6 Å². The molecule has 1 unspecified atom stereocenters. The molecule has 0 aromatic heterocycles. The second-order valence-corrected chi connectivity index (χ2v) is 19.5. The van der Waals surface area contributed by atoms with E-state index in [9.17, 15) is 14.4 Å². The molecule has 0 N–H and O–H groups in total. The maximum Gasteiger partial charge on any atom is 0.306 e. The summed E-state index contributed by atoms with van der Waals surface area (Å²) in [5.41, 5.74) is 0. The van der Waals surface area contributed by atoms with Crippen molar-refractivity contribution in [3.8, 4) is 0 Å². The van der Waals surface area contributed by atoms with Gasteiger partial charge in [-0.15, -0.1) is 0 Å². The van der Waals surface area contributed by atoms with Gasteiger partial charge in [-0.2, -0.15) is 0 Å². The van der Waals surface area contributed by atoms with Crippen molar-refractivity contribution in [3.63, 3.8) is 0 Å². The van der Waals surface area contributed by atoms with Crippen molar-refractivity contribution in [2.24, 2.45) is 0 Å². The summed E-state index contributed by atoms with van der Waals surface area (Å²) in [6.45, 7) is 6.55. The summed E-state index contributed by atoms with van der Waals surface area (Å²) < 4.78 is 16.9. The molecule has 0 heterocycles. The maximum absolute atomic E-state index is 12.9. The molecule has 0 aliphatic rings. The zero-order valence-corrected chi connectivity index (χ0v) is 44.7. The van der Waals surface area contributed by atoms with E-state index in [4.69, 9.17) is 14.2 Å². The van der Waals surface area contributed by atoms with Crippen molar-refractivity contribution < 1.29 is 28.6 Å². The highest BCUT2D eigenvalue weighted by Crippen LogP contribution is 2.16. The van der Waals surface area contributed by atoms with E-state index < -0.39 is 6.10 Å². The summed E-state index contributed by atoms with van der Waals surface area (Å²) in [5.74, 6) is -0.870. The van der Waals surface area contributed by atoms with E-state index in [0.717, 1.165) is 77.0 Å². The van der Waals surface area contributed by atoms with Crippen LogP contribution in [0, 0.1) is 0 Å². The number of hydrogen-bond acceptors (Lipinski definition) is 6. The Morgan fingerprint density at radius 3 is 0.925 bits per heavy atom. The highest BCUT2D eigenvalue weighted by Gasteiger charge is 2.19. The van der Waals surface area contributed by atoms with Crippen LogP contribution in [-0.4, -0.2) is 37.2 Å². The zero-order chi connectivity index (χ0) is 48.6. The quantitative estimate of drug-likeness (QED) is 0.0262. The fourth-order valence-corrected chi connectivity index (χ4v) is 8.45. The molecule has 0 fully saturated rings. The van der Waals surface area contributed by atoms with E-state index in [1.54, 1.807) is 0 Å². The van der Waals surface area contributed by atoms with Gasteiger partial charge in [-0.25, -0.2) is 0 Å². The van der Waals surface area contributed by atoms with Gasteiger partial charge in [0.15, 0.2) is 6.10 Å². The lowest BCUT2D eigenvalue weighted by Crippen LogP contribution is -2.30. The number of esters is 3. The lowest BCUT2D eigenvalue weighted by molar-refractivity contribution is -0.167. The van der Waals surface area contributed by atoms with Gasteiger partial charge in [-0.3, -0.25) is 14.4 Å². The molecule has 0 aliphatic carbocycles. The summed E-state index contributed by atoms with van der Waals surface area (Å²) in [6.07, 6.45) is 68.2. The van der Waals surface area contributed by atoms with Gasteiger partial charge in [0.05, 0.1) is 0 Å². The Hall–Kier alpha value is -2.63. The number of allylic oxidation sites excluding steroid dienone is 8.